The Balaban J connectivity index is 3.92. The van der Waals surface area contributed by atoms with Gasteiger partial charge in [-0.15, -0.1) is 18.2 Å². The first-order valence-corrected chi connectivity index (χ1v) is 6.13. The highest BCUT2D eigenvalue weighted by molar-refractivity contribution is 7.99. The van der Waals surface area contributed by atoms with Crippen LogP contribution in [0.2, 0.25) is 0 Å². The van der Waals surface area contributed by atoms with E-state index in [1.807, 2.05) is 0 Å². The predicted molar refractivity (Wildman–Crippen MR) is 66.4 cm³/mol. The normalized spacial score (nSPS) is 11.1. The molecule has 0 fully saturated rings. The molecular weight excluding hydrogens is 260 g/mol. The average Bonchev–Trinajstić information content (AvgIpc) is 2.27. The van der Waals surface area contributed by atoms with Gasteiger partial charge in [0.05, 0.1) is 12.2 Å². The molecule has 0 heterocycles. The predicted octanol–water partition coefficient (Wildman–Crippen LogP) is -0.420. The van der Waals surface area contributed by atoms with E-state index in [2.05, 4.69) is 16.6 Å². The molecule has 100 valence electrons. The fraction of sp³-hybridized carbons (Fsp3) is 0.500. The van der Waals surface area contributed by atoms with Gasteiger partial charge in [0.1, 0.15) is 6.04 Å². The Bertz CT molecular complexity index is 353. The highest BCUT2D eigenvalue weighted by Crippen LogP contribution is 1.96. The van der Waals surface area contributed by atoms with Crippen molar-refractivity contribution >= 4 is 29.7 Å². The van der Waals surface area contributed by atoms with Crippen molar-refractivity contribution in [1.29, 1.82) is 0 Å². The maximum absolute atomic E-state index is 11.2. The maximum atomic E-state index is 11.2. The van der Waals surface area contributed by atoms with E-state index < -0.39 is 30.4 Å². The molecule has 0 rings (SSSR count). The van der Waals surface area contributed by atoms with Crippen molar-refractivity contribution in [3.05, 3.63) is 0 Å². The Labute approximate surface area is 108 Å². The summed E-state index contributed by atoms with van der Waals surface area (Å²) in [6.07, 6.45) is 4.35. The second-order valence-corrected chi connectivity index (χ2v) is 4.25. The third-order valence-electron chi connectivity index (χ3n) is 1.70. The van der Waals surface area contributed by atoms with Crippen molar-refractivity contribution < 1.29 is 24.6 Å². The van der Waals surface area contributed by atoms with Crippen molar-refractivity contribution in [2.24, 2.45) is 0 Å². The van der Waals surface area contributed by atoms with Crippen LogP contribution in [0.3, 0.4) is 0 Å². The lowest BCUT2D eigenvalue weighted by atomic mass is 10.2. The molecule has 0 aromatic rings. The summed E-state index contributed by atoms with van der Waals surface area (Å²) < 4.78 is 0. The van der Waals surface area contributed by atoms with Gasteiger partial charge in [-0.3, -0.25) is 4.79 Å². The number of nitrogens with one attached hydrogen (secondary N) is 2. The summed E-state index contributed by atoms with van der Waals surface area (Å²) in [4.78, 5) is 32.3. The molecule has 4 N–H and O–H groups in total. The molecular formula is C10H14N2O5S. The molecule has 0 saturated heterocycles. The second kappa shape index (κ2) is 9.18. The molecule has 0 bridgehead atoms. The van der Waals surface area contributed by atoms with Gasteiger partial charge in [0.15, 0.2) is 0 Å². The zero-order chi connectivity index (χ0) is 14.0. The Morgan fingerprint density at radius 3 is 2.50 bits per heavy atom. The van der Waals surface area contributed by atoms with Crippen molar-refractivity contribution in [2.45, 2.75) is 12.5 Å². The second-order valence-electron chi connectivity index (χ2n) is 3.15. The molecule has 0 aromatic carbocycles. The summed E-state index contributed by atoms with van der Waals surface area (Å²) in [5.41, 5.74) is 0. The van der Waals surface area contributed by atoms with E-state index in [1.54, 1.807) is 0 Å². The van der Waals surface area contributed by atoms with Crippen LogP contribution in [0.4, 0.5) is 4.79 Å². The Hall–Kier alpha value is -1.88. The van der Waals surface area contributed by atoms with Crippen LogP contribution < -0.4 is 10.6 Å². The van der Waals surface area contributed by atoms with E-state index in [0.717, 1.165) is 0 Å². The average molecular weight is 274 g/mol. The van der Waals surface area contributed by atoms with Crippen LogP contribution in [0.15, 0.2) is 0 Å². The van der Waals surface area contributed by atoms with Crippen molar-refractivity contribution in [3.8, 4) is 12.3 Å². The number of carboxylic acids is 2. The number of terminal acetylenes is 1. The molecule has 1 unspecified atom stereocenters. The summed E-state index contributed by atoms with van der Waals surface area (Å²) in [5.74, 6) is 0.843. The minimum absolute atomic E-state index is 0.317. The van der Waals surface area contributed by atoms with E-state index in [9.17, 15) is 14.4 Å². The van der Waals surface area contributed by atoms with E-state index in [4.69, 9.17) is 16.6 Å². The smallest absolute Gasteiger partial charge is 0.326 e. The van der Waals surface area contributed by atoms with Crippen LogP contribution in [-0.4, -0.2) is 52.3 Å². The van der Waals surface area contributed by atoms with E-state index >= 15 is 0 Å². The molecule has 0 aliphatic rings. The van der Waals surface area contributed by atoms with Gasteiger partial charge in [-0.2, -0.15) is 0 Å². The van der Waals surface area contributed by atoms with Crippen LogP contribution in [0.25, 0.3) is 0 Å². The number of thioether (sulfide) groups is 1. The zero-order valence-corrected chi connectivity index (χ0v) is 10.3. The van der Waals surface area contributed by atoms with Gasteiger partial charge < -0.3 is 20.8 Å². The summed E-state index contributed by atoms with van der Waals surface area (Å²) in [6, 6.07) is -2.16. The van der Waals surface area contributed by atoms with Crippen LogP contribution in [0.5, 0.6) is 0 Å². The molecule has 18 heavy (non-hydrogen) atoms. The van der Waals surface area contributed by atoms with E-state index in [-0.39, 0.29) is 0 Å². The summed E-state index contributed by atoms with van der Waals surface area (Å²) >= 11 is 1.44. The first-order chi connectivity index (χ1) is 8.47. The summed E-state index contributed by atoms with van der Waals surface area (Å²) in [6.45, 7) is 0.317. The monoisotopic (exact) mass is 274 g/mol. The molecule has 0 spiro atoms. The molecule has 2 amide bonds. The number of amides is 2. The number of carbonyl (C=O) groups excluding carboxylic acids is 1. The number of rotatable bonds is 8. The van der Waals surface area contributed by atoms with E-state index in [0.29, 0.717) is 18.1 Å². The van der Waals surface area contributed by atoms with Gasteiger partial charge in [0.25, 0.3) is 0 Å². The van der Waals surface area contributed by atoms with Gasteiger partial charge in [0.2, 0.25) is 0 Å². The molecule has 8 heteroatoms. The number of carbonyl (C=O) groups is 3. The number of carboxylic acid groups (broad SMARTS) is 2. The van der Waals surface area contributed by atoms with Crippen LogP contribution >= 0.6 is 11.8 Å². The maximum Gasteiger partial charge on any atom is 0.326 e. The van der Waals surface area contributed by atoms with Crippen molar-refractivity contribution in [1.82, 2.24) is 10.6 Å². The van der Waals surface area contributed by atoms with Gasteiger partial charge >= 0.3 is 18.0 Å². The first-order valence-electron chi connectivity index (χ1n) is 4.97. The number of aliphatic carboxylic acids is 2. The minimum Gasteiger partial charge on any atom is -0.481 e. The Morgan fingerprint density at radius 1 is 1.33 bits per heavy atom. The van der Waals surface area contributed by atoms with Crippen molar-refractivity contribution in [3.63, 3.8) is 0 Å². The number of hydrogen-bond acceptors (Lipinski definition) is 4. The molecule has 7 nitrogen and oxygen atoms in total. The molecule has 0 aliphatic carbocycles. The topological polar surface area (TPSA) is 116 Å². The van der Waals surface area contributed by atoms with Crippen LogP contribution in [0.1, 0.15) is 6.42 Å². The summed E-state index contributed by atoms with van der Waals surface area (Å²) in [7, 11) is 0. The van der Waals surface area contributed by atoms with Gasteiger partial charge in [-0.25, -0.2) is 9.59 Å². The first kappa shape index (κ1) is 16.1. The van der Waals surface area contributed by atoms with E-state index in [1.165, 1.54) is 11.8 Å². The quantitative estimate of drug-likeness (QED) is 0.353. The fourth-order valence-electron chi connectivity index (χ4n) is 0.952. The lowest BCUT2D eigenvalue weighted by Gasteiger charge is -2.12. The molecule has 0 saturated carbocycles. The lowest BCUT2D eigenvalue weighted by Crippen LogP contribution is -2.47. The van der Waals surface area contributed by atoms with Gasteiger partial charge in [-0.1, -0.05) is 5.92 Å². The third-order valence-corrected chi connectivity index (χ3v) is 2.56. The van der Waals surface area contributed by atoms with Crippen molar-refractivity contribution in [2.75, 3.05) is 18.1 Å². The zero-order valence-electron chi connectivity index (χ0n) is 9.51. The highest BCUT2D eigenvalue weighted by Gasteiger charge is 2.22. The fourth-order valence-corrected chi connectivity index (χ4v) is 1.46. The Kier molecular flexibility index (Phi) is 8.22. The van der Waals surface area contributed by atoms with Crippen LogP contribution in [-0.2, 0) is 9.59 Å². The molecule has 1 atom stereocenters. The van der Waals surface area contributed by atoms with Crippen LogP contribution in [0, 0.1) is 12.3 Å². The third kappa shape index (κ3) is 8.29. The largest absolute Gasteiger partial charge is 0.481 e. The minimum atomic E-state index is -1.44. The standard InChI is InChI=1S/C10H14N2O5S/c1-2-4-18-5-3-11-10(17)12-7(9(15)16)6-8(13)14/h1,7H,3-6H2,(H,13,14)(H,15,16)(H2,11,12,17). The SMILES string of the molecule is C#CCSCCNC(=O)NC(CC(=O)O)C(=O)O. The van der Waals surface area contributed by atoms with Gasteiger partial charge in [-0.05, 0) is 0 Å². The van der Waals surface area contributed by atoms with Gasteiger partial charge in [0, 0.05) is 12.3 Å². The lowest BCUT2D eigenvalue weighted by molar-refractivity contribution is -0.145. The highest BCUT2D eigenvalue weighted by atomic mass is 32.2. The number of hydrogen-bond donors (Lipinski definition) is 4. The molecule has 0 radical (unpaired) electrons. The molecule has 0 aromatic heterocycles. The number of urea groups is 1. The summed E-state index contributed by atoms with van der Waals surface area (Å²) in [5, 5.41) is 21.6. The Morgan fingerprint density at radius 2 is 2.00 bits per heavy atom. The molecule has 0 aliphatic heterocycles.